The van der Waals surface area contributed by atoms with Gasteiger partial charge in [0, 0.05) is 18.2 Å². The Morgan fingerprint density at radius 3 is 2.37 bits per heavy atom. The summed E-state index contributed by atoms with van der Waals surface area (Å²) in [5.74, 6) is 1.59. The normalized spacial score (nSPS) is 14.7. The maximum Gasteiger partial charge on any atom is 0.276 e. The van der Waals surface area contributed by atoms with E-state index in [4.69, 9.17) is 4.42 Å². The number of carbonyl (C=O) groups excluding carboxylic acids is 1. The van der Waals surface area contributed by atoms with Gasteiger partial charge in [-0.05, 0) is 50.3 Å². The first kappa shape index (κ1) is 17.5. The molecule has 0 N–H and O–H groups in total. The zero-order valence-electron chi connectivity index (χ0n) is 15.8. The molecule has 4 rings (SSSR count). The van der Waals surface area contributed by atoms with Gasteiger partial charge in [-0.3, -0.25) is 4.79 Å². The van der Waals surface area contributed by atoms with Gasteiger partial charge in [-0.25, -0.2) is 4.98 Å². The van der Waals surface area contributed by atoms with Gasteiger partial charge in [0.2, 0.25) is 5.89 Å². The minimum atomic E-state index is -0.0540. The van der Waals surface area contributed by atoms with Gasteiger partial charge >= 0.3 is 0 Å². The summed E-state index contributed by atoms with van der Waals surface area (Å²) in [5, 5.41) is 0. The molecule has 1 atom stereocenters. The van der Waals surface area contributed by atoms with E-state index in [0.29, 0.717) is 29.8 Å². The van der Waals surface area contributed by atoms with Crippen LogP contribution in [0.4, 0.5) is 0 Å². The Labute approximate surface area is 159 Å². The Hall–Kier alpha value is -2.88. The van der Waals surface area contributed by atoms with Crippen LogP contribution < -0.4 is 0 Å². The van der Waals surface area contributed by atoms with Gasteiger partial charge in [0.05, 0.1) is 0 Å². The molecular formula is C23H24N2O2. The van der Waals surface area contributed by atoms with Crippen LogP contribution in [0.25, 0.3) is 11.5 Å². The average molecular weight is 360 g/mol. The summed E-state index contributed by atoms with van der Waals surface area (Å²) in [6.07, 6.45) is 2.37. The zero-order valence-corrected chi connectivity index (χ0v) is 15.8. The van der Waals surface area contributed by atoms with E-state index in [2.05, 4.69) is 24.0 Å². The van der Waals surface area contributed by atoms with Crippen molar-refractivity contribution in [3.8, 4) is 11.5 Å². The molecule has 4 nitrogen and oxygen atoms in total. The molecule has 0 aliphatic heterocycles. The fourth-order valence-electron chi connectivity index (χ4n) is 3.45. The number of hydrogen-bond acceptors (Lipinski definition) is 3. The summed E-state index contributed by atoms with van der Waals surface area (Å²) in [5.41, 5.74) is 2.42. The third kappa shape index (κ3) is 3.80. The van der Waals surface area contributed by atoms with Crippen molar-refractivity contribution >= 4 is 5.91 Å². The number of aromatic nitrogens is 1. The van der Waals surface area contributed by atoms with Gasteiger partial charge in [0.15, 0.2) is 5.69 Å². The molecule has 2 aromatic carbocycles. The van der Waals surface area contributed by atoms with E-state index in [1.807, 2.05) is 60.4 Å². The predicted octanol–water partition coefficient (Wildman–Crippen LogP) is 5.09. The number of oxazole rings is 1. The molecule has 1 amide bonds. The molecule has 0 bridgehead atoms. The first-order chi connectivity index (χ1) is 13.1. The topological polar surface area (TPSA) is 46.3 Å². The molecule has 1 fully saturated rings. The standard InChI is InChI=1S/C23H24N2O2/c1-16(19-13-14-19)25(15-18-9-5-3-6-10-18)23(26)21-17(2)27-22(24-21)20-11-7-4-8-12-20/h3-12,16,19H,13-15H2,1-2H3. The SMILES string of the molecule is Cc1oc(-c2ccccc2)nc1C(=O)N(Cc1ccccc1)C(C)C1CC1. The molecule has 0 radical (unpaired) electrons. The first-order valence-corrected chi connectivity index (χ1v) is 9.51. The maximum absolute atomic E-state index is 13.4. The van der Waals surface area contributed by atoms with E-state index in [1.54, 1.807) is 0 Å². The lowest BCUT2D eigenvalue weighted by Gasteiger charge is -2.29. The minimum Gasteiger partial charge on any atom is -0.441 e. The molecule has 0 spiro atoms. The predicted molar refractivity (Wildman–Crippen MR) is 105 cm³/mol. The van der Waals surface area contributed by atoms with Crippen molar-refractivity contribution in [2.24, 2.45) is 5.92 Å². The van der Waals surface area contributed by atoms with Gasteiger partial charge in [-0.2, -0.15) is 0 Å². The van der Waals surface area contributed by atoms with Crippen LogP contribution in [0.3, 0.4) is 0 Å². The van der Waals surface area contributed by atoms with Crippen LogP contribution in [0.2, 0.25) is 0 Å². The highest BCUT2D eigenvalue weighted by Crippen LogP contribution is 2.36. The fourth-order valence-corrected chi connectivity index (χ4v) is 3.45. The van der Waals surface area contributed by atoms with Gasteiger partial charge in [0.25, 0.3) is 5.91 Å². The molecule has 1 aliphatic carbocycles. The second-order valence-electron chi connectivity index (χ2n) is 7.29. The molecule has 1 saturated carbocycles. The molecule has 4 heteroatoms. The Bertz CT molecular complexity index is 914. The van der Waals surface area contributed by atoms with Crippen LogP contribution in [-0.4, -0.2) is 21.8 Å². The highest BCUT2D eigenvalue weighted by molar-refractivity contribution is 5.94. The van der Waals surface area contributed by atoms with Crippen molar-refractivity contribution < 1.29 is 9.21 Å². The van der Waals surface area contributed by atoms with Gasteiger partial charge in [0.1, 0.15) is 5.76 Å². The van der Waals surface area contributed by atoms with E-state index in [9.17, 15) is 4.79 Å². The number of aryl methyl sites for hydroxylation is 1. The highest BCUT2D eigenvalue weighted by Gasteiger charge is 2.36. The second kappa shape index (κ2) is 7.39. The van der Waals surface area contributed by atoms with Crippen molar-refractivity contribution in [1.29, 1.82) is 0 Å². The van der Waals surface area contributed by atoms with Gasteiger partial charge < -0.3 is 9.32 Å². The Kier molecular flexibility index (Phi) is 4.80. The third-order valence-corrected chi connectivity index (χ3v) is 5.27. The number of hydrogen-bond donors (Lipinski definition) is 0. The summed E-state index contributed by atoms with van der Waals surface area (Å²) < 4.78 is 5.82. The molecule has 1 aromatic heterocycles. The van der Waals surface area contributed by atoms with Crippen molar-refractivity contribution in [2.45, 2.75) is 39.3 Å². The molecule has 3 aromatic rings. The molecule has 1 unspecified atom stereocenters. The second-order valence-corrected chi connectivity index (χ2v) is 7.29. The van der Waals surface area contributed by atoms with Crippen LogP contribution in [0.15, 0.2) is 65.1 Å². The lowest BCUT2D eigenvalue weighted by atomic mass is 10.1. The van der Waals surface area contributed by atoms with Crippen LogP contribution in [0.5, 0.6) is 0 Å². The van der Waals surface area contributed by atoms with E-state index in [0.717, 1.165) is 11.1 Å². The van der Waals surface area contributed by atoms with Crippen LogP contribution >= 0.6 is 0 Å². The van der Waals surface area contributed by atoms with E-state index in [-0.39, 0.29) is 11.9 Å². The van der Waals surface area contributed by atoms with Crippen LogP contribution in [0.1, 0.15) is 41.6 Å². The number of nitrogens with zero attached hydrogens (tertiary/aromatic N) is 2. The number of carbonyl (C=O) groups is 1. The lowest BCUT2D eigenvalue weighted by molar-refractivity contribution is 0.0647. The fraction of sp³-hybridized carbons (Fsp3) is 0.304. The zero-order chi connectivity index (χ0) is 18.8. The van der Waals surface area contributed by atoms with E-state index >= 15 is 0 Å². The molecule has 1 aliphatic rings. The monoisotopic (exact) mass is 360 g/mol. The molecule has 0 saturated heterocycles. The Morgan fingerprint density at radius 1 is 1.11 bits per heavy atom. The molecule has 27 heavy (non-hydrogen) atoms. The molecule has 138 valence electrons. The van der Waals surface area contributed by atoms with Crippen LogP contribution in [-0.2, 0) is 6.54 Å². The molecular weight excluding hydrogens is 336 g/mol. The third-order valence-electron chi connectivity index (χ3n) is 5.27. The number of benzene rings is 2. The summed E-state index contributed by atoms with van der Waals surface area (Å²) in [6.45, 7) is 4.55. The lowest BCUT2D eigenvalue weighted by Crippen LogP contribution is -2.39. The Balaban J connectivity index is 1.64. The summed E-state index contributed by atoms with van der Waals surface area (Å²) in [7, 11) is 0. The van der Waals surface area contributed by atoms with Crippen molar-refractivity contribution in [3.63, 3.8) is 0 Å². The van der Waals surface area contributed by atoms with Crippen molar-refractivity contribution in [3.05, 3.63) is 77.7 Å². The van der Waals surface area contributed by atoms with E-state index < -0.39 is 0 Å². The van der Waals surface area contributed by atoms with Crippen LogP contribution in [0, 0.1) is 12.8 Å². The highest BCUT2D eigenvalue weighted by atomic mass is 16.4. The smallest absolute Gasteiger partial charge is 0.276 e. The summed E-state index contributed by atoms with van der Waals surface area (Å²) in [6, 6.07) is 20.0. The van der Waals surface area contributed by atoms with Crippen molar-refractivity contribution in [1.82, 2.24) is 9.88 Å². The minimum absolute atomic E-state index is 0.0540. The van der Waals surface area contributed by atoms with Gasteiger partial charge in [-0.1, -0.05) is 48.5 Å². The quantitative estimate of drug-likeness (QED) is 0.615. The maximum atomic E-state index is 13.4. The summed E-state index contributed by atoms with van der Waals surface area (Å²) >= 11 is 0. The van der Waals surface area contributed by atoms with Gasteiger partial charge in [-0.15, -0.1) is 0 Å². The molecule has 1 heterocycles. The number of rotatable bonds is 6. The summed E-state index contributed by atoms with van der Waals surface area (Å²) in [4.78, 5) is 19.9. The Morgan fingerprint density at radius 2 is 1.74 bits per heavy atom. The number of amides is 1. The van der Waals surface area contributed by atoms with E-state index in [1.165, 1.54) is 12.8 Å². The largest absolute Gasteiger partial charge is 0.441 e. The average Bonchev–Trinajstić information content (AvgIpc) is 3.48. The van der Waals surface area contributed by atoms with Crippen molar-refractivity contribution in [2.75, 3.05) is 0 Å². The first-order valence-electron chi connectivity index (χ1n) is 9.51.